The predicted molar refractivity (Wildman–Crippen MR) is 81.3 cm³/mol. The summed E-state index contributed by atoms with van der Waals surface area (Å²) in [6.07, 6.45) is 4.50. The Bertz CT molecular complexity index is 778. The molecule has 1 aromatic rings. The van der Waals surface area contributed by atoms with Crippen molar-refractivity contribution in [3.05, 3.63) is 27.7 Å². The van der Waals surface area contributed by atoms with Crippen LogP contribution in [0.4, 0.5) is 0 Å². The molecule has 4 heterocycles. The molecule has 5 rings (SSSR count). The Morgan fingerprint density at radius 1 is 1.29 bits per heavy atom. The van der Waals surface area contributed by atoms with E-state index in [0.29, 0.717) is 6.54 Å². The lowest BCUT2D eigenvalue weighted by molar-refractivity contribution is -0.0799. The van der Waals surface area contributed by atoms with Crippen LogP contribution in [0.1, 0.15) is 46.5 Å². The third-order valence-electron chi connectivity index (χ3n) is 5.16. The molecule has 24 heavy (non-hydrogen) atoms. The number of nitrogens with zero attached hydrogens (tertiary/aromatic N) is 2. The number of fused-ring (bicyclic) bond motifs is 3. The van der Waals surface area contributed by atoms with E-state index >= 15 is 0 Å². The van der Waals surface area contributed by atoms with Crippen molar-refractivity contribution in [2.45, 2.75) is 50.6 Å². The molecule has 0 aromatic carbocycles. The van der Waals surface area contributed by atoms with Gasteiger partial charge in [0, 0.05) is 12.2 Å². The van der Waals surface area contributed by atoms with Gasteiger partial charge in [-0.3, -0.25) is 9.59 Å². The number of pyridine rings is 1. The molecule has 0 unspecified atom stereocenters. The quantitative estimate of drug-likeness (QED) is 0.854. The largest absolute Gasteiger partial charge is 0.491 e. The summed E-state index contributed by atoms with van der Waals surface area (Å²) in [5, 5.41) is 9.23. The van der Waals surface area contributed by atoms with Crippen molar-refractivity contribution in [1.82, 2.24) is 9.47 Å². The molecule has 2 saturated heterocycles. The fourth-order valence-electron chi connectivity index (χ4n) is 4.05. The van der Waals surface area contributed by atoms with E-state index in [1.54, 1.807) is 4.90 Å². The van der Waals surface area contributed by atoms with Crippen LogP contribution < -0.4 is 10.2 Å². The average Bonchev–Trinajstić information content (AvgIpc) is 2.84. The molecule has 1 amide bonds. The number of aromatic carboxylic acids is 1. The summed E-state index contributed by atoms with van der Waals surface area (Å²) in [6.45, 7) is 0.297. The van der Waals surface area contributed by atoms with Crippen LogP contribution in [0.3, 0.4) is 0 Å². The summed E-state index contributed by atoms with van der Waals surface area (Å²) in [7, 11) is 1.27. The van der Waals surface area contributed by atoms with Gasteiger partial charge in [-0.1, -0.05) is 0 Å². The Morgan fingerprint density at radius 3 is 2.62 bits per heavy atom. The third kappa shape index (κ3) is 2.06. The van der Waals surface area contributed by atoms with Gasteiger partial charge in [-0.05, 0) is 25.7 Å². The minimum atomic E-state index is -1.34. The summed E-state index contributed by atoms with van der Waals surface area (Å²) in [4.78, 5) is 38.4. The van der Waals surface area contributed by atoms with Crippen LogP contribution in [-0.4, -0.2) is 51.9 Å². The fourth-order valence-corrected chi connectivity index (χ4v) is 4.05. The second-order valence-corrected chi connectivity index (χ2v) is 6.44. The molecular formula is C16H18N2O6. The Labute approximate surface area is 137 Å². The number of carboxylic acid groups (broad SMARTS) is 1. The second kappa shape index (κ2) is 5.34. The standard InChI is InChI=1S/C16H18N2O6/c1-23-14-12-15(20)18-8-2-4-9(5-3-8)24-11(18)7-17(12)6-10(13(14)19)16(21)22/h6,8-9,11H,2-5,7H2,1H3,(H,21,22)/t8-,9-,11-/m1/s1. The zero-order valence-electron chi connectivity index (χ0n) is 13.2. The summed E-state index contributed by atoms with van der Waals surface area (Å²) in [6, 6.07) is 0.0916. The number of aromatic nitrogens is 1. The number of hydrogen-bond acceptors (Lipinski definition) is 5. The zero-order valence-corrected chi connectivity index (χ0v) is 13.2. The Morgan fingerprint density at radius 2 is 2.00 bits per heavy atom. The summed E-state index contributed by atoms with van der Waals surface area (Å²) >= 11 is 0. The van der Waals surface area contributed by atoms with Crippen molar-refractivity contribution in [2.24, 2.45) is 0 Å². The van der Waals surface area contributed by atoms with Crippen molar-refractivity contribution in [3.63, 3.8) is 0 Å². The fraction of sp³-hybridized carbons (Fsp3) is 0.562. The lowest BCUT2D eigenvalue weighted by atomic mass is 9.92. The normalized spacial score (nSPS) is 28.1. The third-order valence-corrected chi connectivity index (χ3v) is 5.16. The first-order valence-electron chi connectivity index (χ1n) is 8.04. The van der Waals surface area contributed by atoms with Crippen LogP contribution in [0.5, 0.6) is 5.75 Å². The van der Waals surface area contributed by atoms with E-state index in [0.717, 1.165) is 25.7 Å². The van der Waals surface area contributed by atoms with Gasteiger partial charge in [-0.2, -0.15) is 0 Å². The molecule has 3 aliphatic heterocycles. The molecule has 1 N–H and O–H groups in total. The monoisotopic (exact) mass is 334 g/mol. The van der Waals surface area contributed by atoms with Crippen LogP contribution in [0.15, 0.2) is 11.0 Å². The van der Waals surface area contributed by atoms with Crippen molar-refractivity contribution in [3.8, 4) is 5.75 Å². The number of carboxylic acids is 1. The summed E-state index contributed by atoms with van der Waals surface area (Å²) in [5.41, 5.74) is -1.07. The number of methoxy groups -OCH3 is 1. The maximum absolute atomic E-state index is 13.1. The molecule has 4 aliphatic rings. The highest BCUT2D eigenvalue weighted by Gasteiger charge is 2.45. The number of carbonyl (C=O) groups is 2. The molecule has 0 radical (unpaired) electrons. The summed E-state index contributed by atoms with van der Waals surface area (Å²) in [5.74, 6) is -1.88. The van der Waals surface area contributed by atoms with Gasteiger partial charge in [0.15, 0.2) is 17.7 Å². The van der Waals surface area contributed by atoms with Gasteiger partial charge in [0.05, 0.1) is 19.8 Å². The maximum atomic E-state index is 13.1. The van der Waals surface area contributed by atoms with E-state index < -0.39 is 23.2 Å². The lowest BCUT2D eigenvalue weighted by Gasteiger charge is -2.39. The van der Waals surface area contributed by atoms with E-state index in [1.165, 1.54) is 17.9 Å². The van der Waals surface area contributed by atoms with Crippen molar-refractivity contribution >= 4 is 11.9 Å². The molecule has 0 spiro atoms. The molecule has 8 heteroatoms. The number of carbonyl (C=O) groups excluding carboxylic acids is 1. The highest BCUT2D eigenvalue weighted by Crippen LogP contribution is 2.37. The van der Waals surface area contributed by atoms with Gasteiger partial charge >= 0.3 is 5.97 Å². The van der Waals surface area contributed by atoms with E-state index in [4.69, 9.17) is 9.47 Å². The highest BCUT2D eigenvalue weighted by molar-refractivity contribution is 5.98. The van der Waals surface area contributed by atoms with Crippen LogP contribution in [-0.2, 0) is 11.3 Å². The second-order valence-electron chi connectivity index (χ2n) is 6.44. The molecule has 8 nitrogen and oxygen atoms in total. The molecule has 1 aromatic heterocycles. The topological polar surface area (TPSA) is 98.1 Å². The molecule has 128 valence electrons. The molecular weight excluding hydrogens is 316 g/mol. The van der Waals surface area contributed by atoms with E-state index in [-0.39, 0.29) is 29.5 Å². The Hall–Kier alpha value is -2.35. The number of rotatable bonds is 2. The molecule has 3 fully saturated rings. The predicted octanol–water partition coefficient (Wildman–Crippen LogP) is 0.678. The van der Waals surface area contributed by atoms with Gasteiger partial charge in [-0.25, -0.2) is 4.79 Å². The lowest BCUT2D eigenvalue weighted by Crippen LogP contribution is -2.53. The van der Waals surface area contributed by atoms with Crippen LogP contribution in [0, 0.1) is 0 Å². The Balaban J connectivity index is 1.88. The minimum Gasteiger partial charge on any atom is -0.491 e. The minimum absolute atomic E-state index is 0.0916. The molecule has 1 aliphatic carbocycles. The van der Waals surface area contributed by atoms with Gasteiger partial charge in [0.2, 0.25) is 5.43 Å². The van der Waals surface area contributed by atoms with Gasteiger partial charge < -0.3 is 24.0 Å². The van der Waals surface area contributed by atoms with Crippen LogP contribution >= 0.6 is 0 Å². The first-order valence-corrected chi connectivity index (χ1v) is 8.04. The number of ether oxygens (including phenoxy) is 2. The number of hydrogen-bond donors (Lipinski definition) is 1. The Kier molecular flexibility index (Phi) is 3.38. The molecule has 1 saturated carbocycles. The first-order chi connectivity index (χ1) is 11.5. The van der Waals surface area contributed by atoms with Crippen LogP contribution in [0.25, 0.3) is 0 Å². The van der Waals surface area contributed by atoms with Gasteiger partial charge in [0.1, 0.15) is 5.56 Å². The highest BCUT2D eigenvalue weighted by atomic mass is 16.5. The average molecular weight is 334 g/mol. The summed E-state index contributed by atoms with van der Waals surface area (Å²) < 4.78 is 12.6. The van der Waals surface area contributed by atoms with Crippen LogP contribution in [0.2, 0.25) is 0 Å². The van der Waals surface area contributed by atoms with E-state index in [1.807, 2.05) is 0 Å². The zero-order chi connectivity index (χ0) is 17.0. The number of amides is 1. The van der Waals surface area contributed by atoms with Gasteiger partial charge in [0.25, 0.3) is 5.91 Å². The van der Waals surface area contributed by atoms with E-state index in [2.05, 4.69) is 0 Å². The van der Waals surface area contributed by atoms with Gasteiger partial charge in [-0.15, -0.1) is 0 Å². The van der Waals surface area contributed by atoms with Crippen molar-refractivity contribution in [1.29, 1.82) is 0 Å². The van der Waals surface area contributed by atoms with Crippen molar-refractivity contribution < 1.29 is 24.2 Å². The van der Waals surface area contributed by atoms with E-state index in [9.17, 15) is 19.5 Å². The maximum Gasteiger partial charge on any atom is 0.341 e. The smallest absolute Gasteiger partial charge is 0.341 e. The molecule has 1 atom stereocenters. The SMILES string of the molecule is COc1c2n(cc(C(=O)O)c1=O)C[C@H]1O[C@H]3CC[C@@H](CC3)N1C2=O. The first kappa shape index (κ1) is 15.2. The van der Waals surface area contributed by atoms with Crippen molar-refractivity contribution in [2.75, 3.05) is 7.11 Å². The molecule has 2 bridgehead atoms.